The van der Waals surface area contributed by atoms with Crippen molar-refractivity contribution in [3.8, 4) is 11.5 Å². The van der Waals surface area contributed by atoms with Gasteiger partial charge in [0, 0.05) is 11.0 Å². The van der Waals surface area contributed by atoms with Gasteiger partial charge in [-0.3, -0.25) is 4.79 Å². The van der Waals surface area contributed by atoms with Gasteiger partial charge in [-0.15, -0.1) is 10.2 Å². The molecule has 0 amide bonds. The summed E-state index contributed by atoms with van der Waals surface area (Å²) in [5.41, 5.74) is 0.325. The van der Waals surface area contributed by atoms with Crippen molar-refractivity contribution in [1.82, 2.24) is 10.2 Å². The normalized spacial score (nSPS) is 12.8. The zero-order valence-corrected chi connectivity index (χ0v) is 15.6. The first-order chi connectivity index (χ1) is 11.3. The highest BCUT2D eigenvalue weighted by Gasteiger charge is 2.24. The Morgan fingerprint density at radius 1 is 1.17 bits per heavy atom. The largest absolute Gasteiger partial charge is 0.493 e. The van der Waals surface area contributed by atoms with E-state index in [0.717, 1.165) is 0 Å². The number of Topliss-reactive ketones (excluding diaryl/α,β-unsaturated/α-hetero) is 1. The van der Waals surface area contributed by atoms with Crippen molar-refractivity contribution in [1.29, 1.82) is 0 Å². The molecule has 130 valence electrons. The number of benzene rings is 1. The Balaban J connectivity index is 2.13. The highest BCUT2D eigenvalue weighted by Crippen LogP contribution is 2.31. The summed E-state index contributed by atoms with van der Waals surface area (Å²) in [6.45, 7) is 7.79. The highest BCUT2D eigenvalue weighted by molar-refractivity contribution is 8.00. The molecule has 7 heteroatoms. The molecule has 24 heavy (non-hydrogen) atoms. The van der Waals surface area contributed by atoms with Crippen molar-refractivity contribution in [3.05, 3.63) is 29.7 Å². The number of thioether (sulfide) groups is 1. The van der Waals surface area contributed by atoms with E-state index in [2.05, 4.69) is 10.2 Å². The number of hydrogen-bond donors (Lipinski definition) is 0. The quantitative estimate of drug-likeness (QED) is 0.580. The molecule has 0 spiro atoms. The van der Waals surface area contributed by atoms with Crippen LogP contribution in [-0.2, 0) is 5.41 Å². The summed E-state index contributed by atoms with van der Waals surface area (Å²) in [5.74, 6) is 1.61. The fraction of sp³-hybridized carbons (Fsp3) is 0.471. The van der Waals surface area contributed by atoms with Crippen molar-refractivity contribution in [2.24, 2.45) is 0 Å². The van der Waals surface area contributed by atoms with E-state index < -0.39 is 0 Å². The second kappa shape index (κ2) is 7.25. The van der Waals surface area contributed by atoms with Gasteiger partial charge < -0.3 is 13.9 Å². The first-order valence-electron chi connectivity index (χ1n) is 7.53. The van der Waals surface area contributed by atoms with Crippen LogP contribution in [0, 0.1) is 0 Å². The molecular formula is C17H22N2O4S. The van der Waals surface area contributed by atoms with E-state index in [1.165, 1.54) is 18.9 Å². The number of nitrogens with zero attached hydrogens (tertiary/aromatic N) is 2. The molecule has 1 aromatic carbocycles. The maximum absolute atomic E-state index is 12.6. The van der Waals surface area contributed by atoms with Crippen LogP contribution in [0.3, 0.4) is 0 Å². The van der Waals surface area contributed by atoms with E-state index >= 15 is 0 Å². The molecule has 6 nitrogen and oxygen atoms in total. The summed E-state index contributed by atoms with van der Waals surface area (Å²) in [6, 6.07) is 5.11. The van der Waals surface area contributed by atoms with E-state index in [1.807, 2.05) is 27.7 Å². The summed E-state index contributed by atoms with van der Waals surface area (Å²) in [6.07, 6.45) is 0. The third-order valence-electron chi connectivity index (χ3n) is 3.36. The van der Waals surface area contributed by atoms with Gasteiger partial charge in [0.25, 0.3) is 5.22 Å². The van der Waals surface area contributed by atoms with E-state index in [4.69, 9.17) is 13.9 Å². The number of aromatic nitrogens is 2. The van der Waals surface area contributed by atoms with Gasteiger partial charge in [0.15, 0.2) is 17.3 Å². The number of hydrogen-bond acceptors (Lipinski definition) is 7. The summed E-state index contributed by atoms with van der Waals surface area (Å²) in [4.78, 5) is 12.6. The molecule has 1 atom stereocenters. The number of methoxy groups -OCH3 is 2. The van der Waals surface area contributed by atoms with E-state index in [-0.39, 0.29) is 16.4 Å². The highest BCUT2D eigenvalue weighted by atomic mass is 32.2. The van der Waals surface area contributed by atoms with Gasteiger partial charge in [-0.1, -0.05) is 32.5 Å². The third-order valence-corrected chi connectivity index (χ3v) is 4.30. The third kappa shape index (κ3) is 4.08. The molecule has 0 radical (unpaired) electrons. The summed E-state index contributed by atoms with van der Waals surface area (Å²) >= 11 is 1.24. The second-order valence-corrected chi connectivity index (χ2v) is 7.61. The smallest absolute Gasteiger partial charge is 0.277 e. The van der Waals surface area contributed by atoms with Gasteiger partial charge in [-0.2, -0.15) is 0 Å². The van der Waals surface area contributed by atoms with Crippen molar-refractivity contribution in [2.45, 2.75) is 43.6 Å². The predicted octanol–water partition coefficient (Wildman–Crippen LogP) is 3.75. The summed E-state index contributed by atoms with van der Waals surface area (Å²) in [5, 5.41) is 8.07. The Bertz CT molecular complexity index is 722. The lowest BCUT2D eigenvalue weighted by Gasteiger charge is -2.12. The van der Waals surface area contributed by atoms with Crippen LogP contribution in [0.1, 0.15) is 43.9 Å². The molecule has 0 aliphatic rings. The molecule has 1 unspecified atom stereocenters. The molecule has 0 N–H and O–H groups in total. The van der Waals surface area contributed by atoms with Crippen molar-refractivity contribution >= 4 is 17.5 Å². The molecule has 0 aliphatic heterocycles. The van der Waals surface area contributed by atoms with Gasteiger partial charge in [-0.05, 0) is 25.1 Å². The molecule has 0 aliphatic carbocycles. The fourth-order valence-electron chi connectivity index (χ4n) is 1.99. The molecule has 0 bridgehead atoms. The van der Waals surface area contributed by atoms with Crippen LogP contribution in [0.4, 0.5) is 0 Å². The van der Waals surface area contributed by atoms with Gasteiger partial charge in [0.2, 0.25) is 5.89 Å². The molecule has 2 aromatic rings. The molecule has 0 saturated carbocycles. The van der Waals surface area contributed by atoms with Crippen molar-refractivity contribution in [3.63, 3.8) is 0 Å². The average Bonchev–Trinajstić information content (AvgIpc) is 3.02. The number of rotatable bonds is 6. The SMILES string of the molecule is COc1ccc(C(=O)C(C)Sc2nnc(C(C)(C)C)o2)cc1OC. The second-order valence-electron chi connectivity index (χ2n) is 6.32. The number of carbonyl (C=O) groups excluding carboxylic acids is 1. The molecule has 1 aromatic heterocycles. The van der Waals surface area contributed by atoms with Gasteiger partial charge >= 0.3 is 0 Å². The monoisotopic (exact) mass is 350 g/mol. The maximum Gasteiger partial charge on any atom is 0.277 e. The fourth-order valence-corrected chi connectivity index (χ4v) is 2.75. The van der Waals surface area contributed by atoms with E-state index in [9.17, 15) is 4.79 Å². The minimum absolute atomic E-state index is 0.0449. The molecule has 0 fully saturated rings. The van der Waals surface area contributed by atoms with E-state index in [0.29, 0.717) is 28.2 Å². The number of ketones is 1. The summed E-state index contributed by atoms with van der Waals surface area (Å²) < 4.78 is 16.1. The molecule has 1 heterocycles. The van der Waals surface area contributed by atoms with Crippen LogP contribution >= 0.6 is 11.8 Å². The molecule has 2 rings (SSSR count). The van der Waals surface area contributed by atoms with Gasteiger partial charge in [-0.25, -0.2) is 0 Å². The topological polar surface area (TPSA) is 74.5 Å². The maximum atomic E-state index is 12.6. The Morgan fingerprint density at radius 2 is 1.83 bits per heavy atom. The Morgan fingerprint density at radius 3 is 2.38 bits per heavy atom. The van der Waals surface area contributed by atoms with Crippen LogP contribution in [0.5, 0.6) is 11.5 Å². The van der Waals surface area contributed by atoms with E-state index in [1.54, 1.807) is 25.3 Å². The Kier molecular flexibility index (Phi) is 5.54. The number of ether oxygens (including phenoxy) is 2. The van der Waals surface area contributed by atoms with Crippen LogP contribution in [0.25, 0.3) is 0 Å². The standard InChI is InChI=1S/C17H22N2O4S/c1-10(24-16-19-18-15(23-16)17(2,3)4)14(20)11-7-8-12(21-5)13(9-11)22-6/h7-10H,1-6H3. The van der Waals surface area contributed by atoms with Crippen LogP contribution in [0.15, 0.2) is 27.8 Å². The minimum Gasteiger partial charge on any atom is -0.493 e. The first-order valence-corrected chi connectivity index (χ1v) is 8.41. The lowest BCUT2D eigenvalue weighted by atomic mass is 9.97. The first kappa shape index (κ1) is 18.3. The predicted molar refractivity (Wildman–Crippen MR) is 92.2 cm³/mol. The molecule has 0 saturated heterocycles. The van der Waals surface area contributed by atoms with Gasteiger partial charge in [0.1, 0.15) is 0 Å². The zero-order chi connectivity index (χ0) is 17.9. The van der Waals surface area contributed by atoms with Crippen molar-refractivity contribution in [2.75, 3.05) is 14.2 Å². The zero-order valence-electron chi connectivity index (χ0n) is 14.7. The van der Waals surface area contributed by atoms with Gasteiger partial charge in [0.05, 0.1) is 19.5 Å². The van der Waals surface area contributed by atoms with Crippen molar-refractivity contribution < 1.29 is 18.7 Å². The van der Waals surface area contributed by atoms with Crippen LogP contribution in [0.2, 0.25) is 0 Å². The van der Waals surface area contributed by atoms with Crippen LogP contribution in [-0.4, -0.2) is 35.5 Å². The minimum atomic E-state index is -0.364. The van der Waals surface area contributed by atoms with Crippen LogP contribution < -0.4 is 9.47 Å². The lowest BCUT2D eigenvalue weighted by molar-refractivity contribution is 0.0993. The number of carbonyl (C=O) groups is 1. The average molecular weight is 350 g/mol. The Hall–Kier alpha value is -2.02. The lowest BCUT2D eigenvalue weighted by Crippen LogP contribution is -2.13. The summed E-state index contributed by atoms with van der Waals surface area (Å²) in [7, 11) is 3.09. The Labute approximate surface area is 145 Å². The molecular weight excluding hydrogens is 328 g/mol.